The lowest BCUT2D eigenvalue weighted by Gasteiger charge is -2.33. The minimum atomic E-state index is -0.590. The Balaban J connectivity index is 1.12. The Morgan fingerprint density at radius 3 is 1.18 bits per heavy atom. The van der Waals surface area contributed by atoms with Gasteiger partial charge in [0.25, 0.3) is 0 Å². The van der Waals surface area contributed by atoms with Gasteiger partial charge < -0.3 is 0 Å². The highest BCUT2D eigenvalue weighted by atomic mass is 15.0. The predicted molar refractivity (Wildman–Crippen MR) is 249 cm³/mol. The molecule has 9 aromatic carbocycles. The van der Waals surface area contributed by atoms with Crippen molar-refractivity contribution in [2.24, 2.45) is 0 Å². The van der Waals surface area contributed by atoms with E-state index in [1.165, 1.54) is 72.3 Å². The fraction of sp³-hybridized carbons (Fsp3) is 0.0172. The molecule has 0 amide bonds. The molecule has 0 unspecified atom stereocenters. The van der Waals surface area contributed by atoms with E-state index in [-0.39, 0.29) is 0 Å². The monoisotopic (exact) mass is 775 g/mol. The Hall–Kier alpha value is -8.01. The third-order valence-corrected chi connectivity index (χ3v) is 12.5. The molecule has 0 bridgehead atoms. The Kier molecular flexibility index (Phi) is 8.07. The first-order valence-corrected chi connectivity index (χ1v) is 20.9. The van der Waals surface area contributed by atoms with E-state index in [1.54, 1.807) is 0 Å². The molecule has 1 aromatic heterocycles. The highest BCUT2D eigenvalue weighted by Crippen LogP contribution is 2.65. The average Bonchev–Trinajstić information content (AvgIpc) is 3.81. The summed E-state index contributed by atoms with van der Waals surface area (Å²) in [5.74, 6) is 1.93. The van der Waals surface area contributed by atoms with Gasteiger partial charge in [-0.3, -0.25) is 0 Å². The topological polar surface area (TPSA) is 38.7 Å². The normalized spacial score (nSPS) is 12.7. The van der Waals surface area contributed by atoms with E-state index in [4.69, 9.17) is 15.0 Å². The van der Waals surface area contributed by atoms with Crippen LogP contribution in [0.4, 0.5) is 0 Å². The number of hydrogen-bond acceptors (Lipinski definition) is 3. The molecule has 2 aliphatic rings. The second-order valence-electron chi connectivity index (χ2n) is 15.9. The van der Waals surface area contributed by atoms with Crippen molar-refractivity contribution in [3.8, 4) is 89.8 Å². The number of benzene rings is 9. The van der Waals surface area contributed by atoms with Gasteiger partial charge >= 0.3 is 0 Å². The number of rotatable bonds is 6. The van der Waals surface area contributed by atoms with Crippen molar-refractivity contribution in [2.75, 3.05) is 0 Å². The SMILES string of the molecule is c1ccc(-c2ccc3c(c2)C2(c4cc(-c5ccccc5)ccc4-3)c3ccccc3-c3cccc(-c4cccc(-c5nc(-c6ccccc6)nc(-c6ccccc6)n5)c4)c32)cc1. The molecule has 0 fully saturated rings. The minimum Gasteiger partial charge on any atom is -0.208 e. The first kappa shape index (κ1) is 35.0. The van der Waals surface area contributed by atoms with Gasteiger partial charge in [-0.2, -0.15) is 0 Å². The number of nitrogens with zero attached hydrogens (tertiary/aromatic N) is 3. The smallest absolute Gasteiger partial charge is 0.164 e. The van der Waals surface area contributed by atoms with Gasteiger partial charge in [-0.25, -0.2) is 15.0 Å². The van der Waals surface area contributed by atoms with Gasteiger partial charge in [-0.15, -0.1) is 0 Å². The molecule has 284 valence electrons. The standard InChI is InChI=1S/C58H37N3/c1-5-17-38(18-6-1)42-31-33-48-49-34-32-43(39-19-7-2-8-20-39)37-53(49)58(52(48)36-42)51-30-14-13-27-47(51)50-29-16-28-46(54(50)58)44-25-15-26-45(35-44)57-60-55(40-21-9-3-10-22-40)59-56(61-57)41-23-11-4-12-24-41/h1-37H. The molecule has 0 aliphatic heterocycles. The van der Waals surface area contributed by atoms with Crippen molar-refractivity contribution in [1.29, 1.82) is 0 Å². The Morgan fingerprint density at radius 1 is 0.230 bits per heavy atom. The Labute approximate surface area is 355 Å². The van der Waals surface area contributed by atoms with Crippen LogP contribution < -0.4 is 0 Å². The van der Waals surface area contributed by atoms with Gasteiger partial charge in [0.2, 0.25) is 0 Å². The van der Waals surface area contributed by atoms with E-state index in [0.29, 0.717) is 17.5 Å². The maximum Gasteiger partial charge on any atom is 0.164 e. The molecule has 10 aromatic rings. The minimum absolute atomic E-state index is 0.590. The molecule has 1 heterocycles. The van der Waals surface area contributed by atoms with Crippen LogP contribution >= 0.6 is 0 Å². The maximum absolute atomic E-state index is 5.12. The lowest BCUT2D eigenvalue weighted by molar-refractivity contribution is 0.796. The van der Waals surface area contributed by atoms with Crippen LogP contribution in [-0.2, 0) is 5.41 Å². The van der Waals surface area contributed by atoms with Crippen molar-refractivity contribution in [1.82, 2.24) is 15.0 Å². The van der Waals surface area contributed by atoms with E-state index in [1.807, 2.05) is 36.4 Å². The van der Waals surface area contributed by atoms with Crippen LogP contribution in [0.5, 0.6) is 0 Å². The molecular weight excluding hydrogens is 739 g/mol. The summed E-state index contributed by atoms with van der Waals surface area (Å²) >= 11 is 0. The fourth-order valence-electron chi connectivity index (χ4n) is 9.87. The molecule has 3 nitrogen and oxygen atoms in total. The van der Waals surface area contributed by atoms with E-state index < -0.39 is 5.41 Å². The van der Waals surface area contributed by atoms with Crippen molar-refractivity contribution in [3.05, 3.63) is 247 Å². The number of aromatic nitrogens is 3. The summed E-state index contributed by atoms with van der Waals surface area (Å²) in [4.78, 5) is 15.2. The van der Waals surface area contributed by atoms with Crippen LogP contribution in [0.15, 0.2) is 224 Å². The van der Waals surface area contributed by atoms with Crippen molar-refractivity contribution >= 4 is 0 Å². The molecule has 61 heavy (non-hydrogen) atoms. The van der Waals surface area contributed by atoms with Crippen molar-refractivity contribution in [2.45, 2.75) is 5.41 Å². The summed E-state index contributed by atoms with van der Waals surface area (Å²) in [5, 5.41) is 0. The zero-order chi connectivity index (χ0) is 40.3. The first-order chi connectivity index (χ1) is 30.2. The van der Waals surface area contributed by atoms with Crippen LogP contribution in [0.1, 0.15) is 22.3 Å². The highest BCUT2D eigenvalue weighted by Gasteiger charge is 2.53. The zero-order valence-corrected chi connectivity index (χ0v) is 33.2. The molecule has 0 N–H and O–H groups in total. The molecule has 0 saturated heterocycles. The van der Waals surface area contributed by atoms with E-state index in [9.17, 15) is 0 Å². The first-order valence-electron chi connectivity index (χ1n) is 20.9. The van der Waals surface area contributed by atoms with Crippen LogP contribution in [0, 0.1) is 0 Å². The van der Waals surface area contributed by atoms with Gasteiger partial charge in [-0.1, -0.05) is 206 Å². The maximum atomic E-state index is 5.12. The number of hydrogen-bond donors (Lipinski definition) is 0. The van der Waals surface area contributed by atoms with Crippen LogP contribution in [0.2, 0.25) is 0 Å². The lowest BCUT2D eigenvalue weighted by Crippen LogP contribution is -2.27. The zero-order valence-electron chi connectivity index (χ0n) is 33.2. The molecular formula is C58H37N3. The molecule has 2 aliphatic carbocycles. The van der Waals surface area contributed by atoms with Crippen molar-refractivity contribution < 1.29 is 0 Å². The molecule has 12 rings (SSSR count). The molecule has 1 spiro atoms. The van der Waals surface area contributed by atoms with Gasteiger partial charge in [0.05, 0.1) is 5.41 Å². The summed E-state index contributed by atoms with van der Waals surface area (Å²) in [6.07, 6.45) is 0. The lowest BCUT2D eigenvalue weighted by atomic mass is 9.68. The van der Waals surface area contributed by atoms with Crippen LogP contribution in [-0.4, -0.2) is 15.0 Å². The summed E-state index contributed by atoms with van der Waals surface area (Å²) in [5.41, 5.74) is 19.6. The van der Waals surface area contributed by atoms with E-state index in [2.05, 4.69) is 188 Å². The second-order valence-corrected chi connectivity index (χ2v) is 15.9. The third kappa shape index (κ3) is 5.55. The summed E-state index contributed by atoms with van der Waals surface area (Å²) in [7, 11) is 0. The highest BCUT2D eigenvalue weighted by molar-refractivity contribution is 6.00. The summed E-state index contributed by atoms with van der Waals surface area (Å²) < 4.78 is 0. The van der Waals surface area contributed by atoms with Crippen molar-refractivity contribution in [3.63, 3.8) is 0 Å². The fourth-order valence-corrected chi connectivity index (χ4v) is 9.87. The summed E-state index contributed by atoms with van der Waals surface area (Å²) in [6.45, 7) is 0. The predicted octanol–water partition coefficient (Wildman–Crippen LogP) is 14.2. The quantitative estimate of drug-likeness (QED) is 0.169. The second kappa shape index (κ2) is 14.1. The van der Waals surface area contributed by atoms with Gasteiger partial charge in [0.15, 0.2) is 17.5 Å². The average molecular weight is 776 g/mol. The summed E-state index contributed by atoms with van der Waals surface area (Å²) in [6, 6.07) is 80.8. The molecule has 3 heteroatoms. The molecule has 0 saturated carbocycles. The Bertz CT molecular complexity index is 3140. The van der Waals surface area contributed by atoms with Gasteiger partial charge in [0.1, 0.15) is 0 Å². The molecule has 0 radical (unpaired) electrons. The molecule has 0 atom stereocenters. The largest absolute Gasteiger partial charge is 0.208 e. The third-order valence-electron chi connectivity index (χ3n) is 12.5. The number of fused-ring (bicyclic) bond motifs is 10. The van der Waals surface area contributed by atoms with E-state index >= 15 is 0 Å². The van der Waals surface area contributed by atoms with Gasteiger partial charge in [0, 0.05) is 16.7 Å². The van der Waals surface area contributed by atoms with Gasteiger partial charge in [-0.05, 0) is 96.1 Å². The van der Waals surface area contributed by atoms with Crippen LogP contribution in [0.25, 0.3) is 89.8 Å². The van der Waals surface area contributed by atoms with Crippen LogP contribution in [0.3, 0.4) is 0 Å². The Morgan fingerprint density at radius 2 is 0.623 bits per heavy atom. The van der Waals surface area contributed by atoms with E-state index in [0.717, 1.165) is 22.3 Å².